The number of aromatic nitrogens is 2. The standard InChI is InChI=1S/C8H12N3O8P/c9-3-1-2-11(8(14)10-3)6-4(12)5(13)7(18-6)19-20(15,16)17/h1-2,4-7,12-13H,(H2,9,10,14)(H2,15,16,17). The summed E-state index contributed by atoms with van der Waals surface area (Å²) in [5.74, 6) is -0.0534. The van der Waals surface area contributed by atoms with Gasteiger partial charge in [0.05, 0.1) is 0 Å². The van der Waals surface area contributed by atoms with E-state index in [1.54, 1.807) is 0 Å². The Morgan fingerprint density at radius 2 is 2.05 bits per heavy atom. The summed E-state index contributed by atoms with van der Waals surface area (Å²) in [6, 6.07) is 1.25. The molecule has 2 heterocycles. The average Bonchev–Trinajstić information content (AvgIpc) is 2.56. The molecular formula is C8H12N3O8P. The van der Waals surface area contributed by atoms with Gasteiger partial charge in [0, 0.05) is 6.20 Å². The molecule has 0 bridgehead atoms. The largest absolute Gasteiger partial charge is 0.472 e. The number of anilines is 1. The van der Waals surface area contributed by atoms with Gasteiger partial charge in [0.25, 0.3) is 0 Å². The summed E-state index contributed by atoms with van der Waals surface area (Å²) in [5.41, 5.74) is 4.43. The highest BCUT2D eigenvalue weighted by Crippen LogP contribution is 2.42. The molecule has 0 saturated carbocycles. The van der Waals surface area contributed by atoms with Crippen LogP contribution in [-0.2, 0) is 13.8 Å². The summed E-state index contributed by atoms with van der Waals surface area (Å²) in [5, 5.41) is 19.3. The summed E-state index contributed by atoms with van der Waals surface area (Å²) >= 11 is 0. The zero-order chi connectivity index (χ0) is 15.1. The smallest absolute Gasteiger partial charge is 0.385 e. The van der Waals surface area contributed by atoms with Crippen molar-refractivity contribution in [3.63, 3.8) is 0 Å². The predicted octanol–water partition coefficient (Wildman–Crippen LogP) is -2.49. The molecule has 1 saturated heterocycles. The molecule has 0 radical (unpaired) electrons. The third-order valence-electron chi connectivity index (χ3n) is 2.56. The second kappa shape index (κ2) is 5.22. The Bertz CT molecular complexity index is 600. The van der Waals surface area contributed by atoms with Crippen LogP contribution in [-0.4, -0.2) is 48.0 Å². The van der Waals surface area contributed by atoms with Crippen LogP contribution in [0.4, 0.5) is 5.82 Å². The van der Waals surface area contributed by atoms with Gasteiger partial charge in [-0.15, -0.1) is 0 Å². The fourth-order valence-corrected chi connectivity index (χ4v) is 2.15. The van der Waals surface area contributed by atoms with Crippen molar-refractivity contribution in [2.75, 3.05) is 5.73 Å². The quantitative estimate of drug-likeness (QED) is 0.375. The topological polar surface area (TPSA) is 177 Å². The molecule has 4 atom stereocenters. The van der Waals surface area contributed by atoms with Gasteiger partial charge < -0.3 is 30.5 Å². The number of hydrogen-bond donors (Lipinski definition) is 5. The van der Waals surface area contributed by atoms with Gasteiger partial charge >= 0.3 is 13.5 Å². The van der Waals surface area contributed by atoms with Gasteiger partial charge in [-0.2, -0.15) is 4.98 Å². The summed E-state index contributed by atoms with van der Waals surface area (Å²) in [4.78, 5) is 32.3. The molecule has 12 heteroatoms. The molecule has 6 N–H and O–H groups in total. The molecule has 112 valence electrons. The van der Waals surface area contributed by atoms with Crippen LogP contribution >= 0.6 is 7.82 Å². The van der Waals surface area contributed by atoms with Crippen molar-refractivity contribution in [3.05, 3.63) is 22.7 Å². The van der Waals surface area contributed by atoms with Gasteiger partial charge in [0.1, 0.15) is 18.0 Å². The molecule has 0 aliphatic carbocycles. The van der Waals surface area contributed by atoms with Crippen LogP contribution < -0.4 is 11.4 Å². The highest BCUT2D eigenvalue weighted by atomic mass is 31.2. The minimum absolute atomic E-state index is 0.0534. The maximum absolute atomic E-state index is 11.6. The minimum atomic E-state index is -4.94. The first-order valence-corrected chi connectivity index (χ1v) is 6.82. The summed E-state index contributed by atoms with van der Waals surface area (Å²) in [7, 11) is -4.94. The maximum atomic E-state index is 11.6. The number of hydrogen-bond acceptors (Lipinski definition) is 8. The van der Waals surface area contributed by atoms with Gasteiger partial charge in [-0.05, 0) is 6.07 Å². The molecule has 11 nitrogen and oxygen atoms in total. The Labute approximate surface area is 111 Å². The zero-order valence-electron chi connectivity index (χ0n) is 9.80. The molecule has 1 aliphatic rings. The Morgan fingerprint density at radius 3 is 2.60 bits per heavy atom. The van der Waals surface area contributed by atoms with Crippen molar-refractivity contribution in [2.24, 2.45) is 0 Å². The second-order valence-corrected chi connectivity index (χ2v) is 5.21. The molecule has 20 heavy (non-hydrogen) atoms. The van der Waals surface area contributed by atoms with Crippen molar-refractivity contribution >= 4 is 13.6 Å². The van der Waals surface area contributed by atoms with Crippen molar-refractivity contribution in [3.8, 4) is 0 Å². The fourth-order valence-electron chi connectivity index (χ4n) is 1.70. The average molecular weight is 309 g/mol. The third-order valence-corrected chi connectivity index (χ3v) is 3.04. The molecule has 0 amide bonds. The van der Waals surface area contributed by atoms with Crippen molar-refractivity contribution in [2.45, 2.75) is 24.7 Å². The van der Waals surface area contributed by atoms with Crippen molar-refractivity contribution in [1.29, 1.82) is 0 Å². The summed E-state index contributed by atoms with van der Waals surface area (Å²) in [6.07, 6.45) is -5.44. The van der Waals surface area contributed by atoms with E-state index < -0.39 is 38.2 Å². The molecule has 2 rings (SSSR count). The predicted molar refractivity (Wildman–Crippen MR) is 62.0 cm³/mol. The Hall–Kier alpha value is -1.33. The number of nitrogens with zero attached hydrogens (tertiary/aromatic N) is 2. The summed E-state index contributed by atoms with van der Waals surface area (Å²) < 4.78 is 20.6. The van der Waals surface area contributed by atoms with E-state index in [1.165, 1.54) is 6.07 Å². The molecule has 4 unspecified atom stereocenters. The number of phosphoric acid groups is 1. The van der Waals surface area contributed by atoms with Crippen LogP contribution in [0, 0.1) is 0 Å². The first kappa shape index (κ1) is 15.1. The van der Waals surface area contributed by atoms with E-state index in [0.717, 1.165) is 10.8 Å². The summed E-state index contributed by atoms with van der Waals surface area (Å²) in [6.45, 7) is 0. The lowest BCUT2D eigenvalue weighted by Crippen LogP contribution is -2.35. The SMILES string of the molecule is Nc1ccn(C2OC(OP(=O)(O)O)C(O)C2O)c(=O)n1. The van der Waals surface area contributed by atoms with Crippen LogP contribution in [0.15, 0.2) is 17.1 Å². The number of phosphoric ester groups is 1. The zero-order valence-corrected chi connectivity index (χ0v) is 10.7. The van der Waals surface area contributed by atoms with E-state index in [2.05, 4.69) is 9.51 Å². The fraction of sp³-hybridized carbons (Fsp3) is 0.500. The lowest BCUT2D eigenvalue weighted by Gasteiger charge is -2.16. The van der Waals surface area contributed by atoms with E-state index in [1.807, 2.05) is 0 Å². The normalized spacial score (nSPS) is 30.6. The molecular weight excluding hydrogens is 297 g/mol. The van der Waals surface area contributed by atoms with Crippen LogP contribution in [0.5, 0.6) is 0 Å². The first-order valence-electron chi connectivity index (χ1n) is 5.29. The molecule has 1 fully saturated rings. The lowest BCUT2D eigenvalue weighted by atomic mass is 10.2. The minimum Gasteiger partial charge on any atom is -0.385 e. The highest BCUT2D eigenvalue weighted by Gasteiger charge is 2.47. The van der Waals surface area contributed by atoms with Crippen LogP contribution in [0.2, 0.25) is 0 Å². The van der Waals surface area contributed by atoms with E-state index in [-0.39, 0.29) is 5.82 Å². The number of aliphatic hydroxyl groups is 2. The number of nitrogen functional groups attached to an aromatic ring is 1. The lowest BCUT2D eigenvalue weighted by molar-refractivity contribution is -0.135. The first-order chi connectivity index (χ1) is 9.19. The van der Waals surface area contributed by atoms with Crippen LogP contribution in [0.25, 0.3) is 0 Å². The molecule has 1 aliphatic heterocycles. The molecule has 1 aromatic rings. The Kier molecular flexibility index (Phi) is 3.93. The molecule has 0 aromatic carbocycles. The van der Waals surface area contributed by atoms with Crippen molar-refractivity contribution < 1.29 is 33.8 Å². The van der Waals surface area contributed by atoms with Gasteiger partial charge in [0.2, 0.25) is 0 Å². The highest BCUT2D eigenvalue weighted by molar-refractivity contribution is 7.46. The second-order valence-electron chi connectivity index (χ2n) is 4.01. The number of rotatable bonds is 3. The van der Waals surface area contributed by atoms with E-state index >= 15 is 0 Å². The van der Waals surface area contributed by atoms with Gasteiger partial charge in [-0.3, -0.25) is 9.09 Å². The van der Waals surface area contributed by atoms with Gasteiger partial charge in [0.15, 0.2) is 12.5 Å². The molecule has 1 aromatic heterocycles. The van der Waals surface area contributed by atoms with Crippen LogP contribution in [0.1, 0.15) is 6.23 Å². The van der Waals surface area contributed by atoms with Gasteiger partial charge in [-0.25, -0.2) is 9.36 Å². The Morgan fingerprint density at radius 1 is 1.40 bits per heavy atom. The number of ether oxygens (including phenoxy) is 1. The van der Waals surface area contributed by atoms with Gasteiger partial charge in [-0.1, -0.05) is 0 Å². The monoisotopic (exact) mass is 309 g/mol. The maximum Gasteiger partial charge on any atom is 0.472 e. The Balaban J connectivity index is 2.26. The molecule has 0 spiro atoms. The van der Waals surface area contributed by atoms with E-state index in [9.17, 15) is 19.6 Å². The number of nitrogens with two attached hydrogens (primary N) is 1. The van der Waals surface area contributed by atoms with E-state index in [4.69, 9.17) is 20.3 Å². The van der Waals surface area contributed by atoms with Crippen molar-refractivity contribution in [1.82, 2.24) is 9.55 Å². The number of aliphatic hydroxyl groups excluding tert-OH is 2. The van der Waals surface area contributed by atoms with E-state index in [0.29, 0.717) is 0 Å². The van der Waals surface area contributed by atoms with Crippen LogP contribution in [0.3, 0.4) is 0 Å². The third kappa shape index (κ3) is 3.04.